The van der Waals surface area contributed by atoms with Crippen LogP contribution in [0.25, 0.3) is 11.0 Å². The number of aryl methyl sites for hydroxylation is 1. The van der Waals surface area contributed by atoms with Crippen molar-refractivity contribution < 1.29 is 22.7 Å². The maximum absolute atomic E-state index is 12.9. The van der Waals surface area contributed by atoms with Gasteiger partial charge in [-0.1, -0.05) is 12.1 Å². The number of nitrogens with zero attached hydrogens (tertiary/aromatic N) is 2. The van der Waals surface area contributed by atoms with Gasteiger partial charge in [-0.3, -0.25) is 10.1 Å². The summed E-state index contributed by atoms with van der Waals surface area (Å²) in [6.07, 6.45) is 0.754. The second kappa shape index (κ2) is 9.90. The van der Waals surface area contributed by atoms with Gasteiger partial charge in [0.15, 0.2) is 0 Å². The van der Waals surface area contributed by atoms with Crippen molar-refractivity contribution in [1.82, 2.24) is 14.3 Å². The van der Waals surface area contributed by atoms with Crippen molar-refractivity contribution in [2.24, 2.45) is 0 Å². The van der Waals surface area contributed by atoms with Crippen LogP contribution in [0.5, 0.6) is 5.75 Å². The van der Waals surface area contributed by atoms with Gasteiger partial charge in [0.2, 0.25) is 16.0 Å². The van der Waals surface area contributed by atoms with E-state index in [1.807, 2.05) is 35.8 Å². The molecule has 10 heteroatoms. The van der Waals surface area contributed by atoms with E-state index < -0.39 is 15.9 Å². The number of carbonyl (C=O) groups is 1. The maximum Gasteiger partial charge on any atom is 0.258 e. The maximum atomic E-state index is 12.9. The fraction of sp³-hybridized carbons (Fsp3) is 0.333. The lowest BCUT2D eigenvalue weighted by atomic mass is 10.2. The Morgan fingerprint density at radius 1 is 1.19 bits per heavy atom. The van der Waals surface area contributed by atoms with Crippen LogP contribution in [0.3, 0.4) is 0 Å². The number of ether oxygens (including phenoxy) is 2. The summed E-state index contributed by atoms with van der Waals surface area (Å²) in [5.41, 5.74) is 1.81. The van der Waals surface area contributed by atoms with Gasteiger partial charge in [0.05, 0.1) is 18.1 Å². The van der Waals surface area contributed by atoms with Crippen LogP contribution >= 0.6 is 0 Å². The number of fused-ring (bicyclic) bond motifs is 1. The number of aromatic nitrogens is 2. The van der Waals surface area contributed by atoms with Crippen molar-refractivity contribution in [1.29, 1.82) is 0 Å². The van der Waals surface area contributed by atoms with E-state index in [0.717, 1.165) is 17.5 Å². The zero-order valence-electron chi connectivity index (χ0n) is 17.7. The highest BCUT2D eigenvalue weighted by atomic mass is 32.2. The summed E-state index contributed by atoms with van der Waals surface area (Å²) >= 11 is 0. The van der Waals surface area contributed by atoms with E-state index in [4.69, 9.17) is 9.47 Å². The third kappa shape index (κ3) is 5.04. The van der Waals surface area contributed by atoms with E-state index in [9.17, 15) is 13.2 Å². The fourth-order valence-electron chi connectivity index (χ4n) is 3.18. The number of sulfonamides is 1. The van der Waals surface area contributed by atoms with Crippen LogP contribution in [-0.2, 0) is 21.3 Å². The Morgan fingerprint density at radius 3 is 2.68 bits per heavy atom. The lowest BCUT2D eigenvalue weighted by molar-refractivity contribution is 0.102. The molecule has 1 heterocycles. The van der Waals surface area contributed by atoms with Crippen LogP contribution in [0.2, 0.25) is 0 Å². The molecule has 0 radical (unpaired) electrons. The molecule has 0 aliphatic carbocycles. The molecule has 3 rings (SSSR count). The topological polar surface area (TPSA) is 112 Å². The monoisotopic (exact) mass is 446 g/mol. The largest absolute Gasteiger partial charge is 0.495 e. The predicted octanol–water partition coefficient (Wildman–Crippen LogP) is 2.63. The number of para-hydroxylation sites is 2. The van der Waals surface area contributed by atoms with Crippen LogP contribution in [0.4, 0.5) is 5.95 Å². The van der Waals surface area contributed by atoms with Gasteiger partial charge < -0.3 is 14.0 Å². The number of carbonyl (C=O) groups excluding carboxylic acids is 1. The molecule has 1 aromatic heterocycles. The third-order valence-electron chi connectivity index (χ3n) is 4.74. The van der Waals surface area contributed by atoms with E-state index >= 15 is 0 Å². The van der Waals surface area contributed by atoms with Crippen molar-refractivity contribution in [2.45, 2.75) is 24.8 Å². The van der Waals surface area contributed by atoms with Crippen LogP contribution in [0, 0.1) is 0 Å². The van der Waals surface area contributed by atoms with Gasteiger partial charge in [-0.2, -0.15) is 0 Å². The molecule has 9 nitrogen and oxygen atoms in total. The molecule has 166 valence electrons. The van der Waals surface area contributed by atoms with E-state index in [1.54, 1.807) is 0 Å². The minimum atomic E-state index is -3.81. The highest BCUT2D eigenvalue weighted by molar-refractivity contribution is 7.89. The number of hydrogen-bond acceptors (Lipinski definition) is 6. The Balaban J connectivity index is 1.92. The first kappa shape index (κ1) is 22.7. The number of amides is 1. The molecule has 0 aliphatic rings. The lowest BCUT2D eigenvalue weighted by Crippen LogP contribution is -2.21. The van der Waals surface area contributed by atoms with Crippen molar-refractivity contribution in [3.63, 3.8) is 0 Å². The molecular formula is C21H26N4O5S. The normalized spacial score (nSPS) is 11.6. The zero-order valence-corrected chi connectivity index (χ0v) is 18.5. The van der Waals surface area contributed by atoms with Gasteiger partial charge in [-0.15, -0.1) is 0 Å². The number of rotatable bonds is 10. The van der Waals surface area contributed by atoms with Gasteiger partial charge in [0.1, 0.15) is 10.6 Å². The molecule has 2 aromatic carbocycles. The summed E-state index contributed by atoms with van der Waals surface area (Å²) in [4.78, 5) is 17.4. The molecule has 3 aromatic rings. The molecule has 0 saturated heterocycles. The Labute approximate surface area is 181 Å². The molecule has 31 heavy (non-hydrogen) atoms. The Hall–Kier alpha value is -2.95. The molecule has 2 N–H and O–H groups in total. The van der Waals surface area contributed by atoms with Crippen LogP contribution in [0.1, 0.15) is 23.7 Å². The Kier molecular flexibility index (Phi) is 7.26. The minimum Gasteiger partial charge on any atom is -0.495 e. The SMILES string of the molecule is CCOCCCn1c(NC(=O)c2ccc(OC)c(S(=O)(=O)NC)c2)nc2ccccc21. The lowest BCUT2D eigenvalue weighted by Gasteiger charge is -2.12. The number of imidazole rings is 1. The molecule has 0 atom stereocenters. The number of nitrogens with one attached hydrogen (secondary N) is 2. The van der Waals surface area contributed by atoms with E-state index in [2.05, 4.69) is 15.0 Å². The van der Waals surface area contributed by atoms with Gasteiger partial charge in [0.25, 0.3) is 5.91 Å². The molecule has 0 unspecified atom stereocenters. The van der Waals surface area contributed by atoms with Gasteiger partial charge in [0, 0.05) is 25.3 Å². The highest BCUT2D eigenvalue weighted by Gasteiger charge is 2.21. The average Bonchev–Trinajstić information content (AvgIpc) is 3.13. The molecule has 0 saturated carbocycles. The highest BCUT2D eigenvalue weighted by Crippen LogP contribution is 2.26. The molecule has 0 spiro atoms. The van der Waals surface area contributed by atoms with E-state index in [1.165, 1.54) is 32.4 Å². The second-order valence-electron chi connectivity index (χ2n) is 6.65. The minimum absolute atomic E-state index is 0.115. The summed E-state index contributed by atoms with van der Waals surface area (Å²) < 4.78 is 39.3. The smallest absolute Gasteiger partial charge is 0.258 e. The summed E-state index contributed by atoms with van der Waals surface area (Å²) in [7, 11) is -1.14. The van der Waals surface area contributed by atoms with Crippen LogP contribution < -0.4 is 14.8 Å². The first-order chi connectivity index (χ1) is 14.9. The number of benzene rings is 2. The van der Waals surface area contributed by atoms with Crippen molar-refractivity contribution in [2.75, 3.05) is 32.7 Å². The Morgan fingerprint density at radius 2 is 1.97 bits per heavy atom. The number of hydrogen-bond donors (Lipinski definition) is 2. The molecule has 1 amide bonds. The summed E-state index contributed by atoms with van der Waals surface area (Å²) in [5.74, 6) is 0.0576. The van der Waals surface area contributed by atoms with Gasteiger partial charge >= 0.3 is 0 Å². The van der Waals surface area contributed by atoms with Crippen molar-refractivity contribution in [3.05, 3.63) is 48.0 Å². The first-order valence-electron chi connectivity index (χ1n) is 9.87. The van der Waals surface area contributed by atoms with E-state index in [0.29, 0.717) is 25.7 Å². The van der Waals surface area contributed by atoms with Crippen LogP contribution in [-0.4, -0.2) is 51.2 Å². The third-order valence-corrected chi connectivity index (χ3v) is 6.17. The molecule has 0 fully saturated rings. The standard InChI is InChI=1S/C21H26N4O5S/c1-4-30-13-7-12-25-17-9-6-5-8-16(17)23-21(25)24-20(26)15-10-11-18(29-3)19(14-15)31(27,28)22-2/h5-6,8-11,14,22H,4,7,12-13H2,1-3H3,(H,23,24,26). The molecular weight excluding hydrogens is 420 g/mol. The number of anilines is 1. The first-order valence-corrected chi connectivity index (χ1v) is 11.4. The number of methoxy groups -OCH3 is 1. The molecule has 0 aliphatic heterocycles. The van der Waals surface area contributed by atoms with Crippen molar-refractivity contribution in [3.8, 4) is 5.75 Å². The summed E-state index contributed by atoms with van der Waals surface area (Å²) in [6, 6.07) is 11.8. The quantitative estimate of drug-likeness (QED) is 0.463. The van der Waals surface area contributed by atoms with E-state index in [-0.39, 0.29) is 16.2 Å². The van der Waals surface area contributed by atoms with Gasteiger partial charge in [-0.25, -0.2) is 18.1 Å². The average molecular weight is 447 g/mol. The van der Waals surface area contributed by atoms with Gasteiger partial charge in [-0.05, 0) is 50.7 Å². The Bertz CT molecular complexity index is 1170. The zero-order chi connectivity index (χ0) is 22.4. The summed E-state index contributed by atoms with van der Waals surface area (Å²) in [6.45, 7) is 3.79. The predicted molar refractivity (Wildman–Crippen MR) is 118 cm³/mol. The fourth-order valence-corrected chi connectivity index (χ4v) is 4.10. The molecule has 0 bridgehead atoms. The van der Waals surface area contributed by atoms with Crippen LogP contribution in [0.15, 0.2) is 47.4 Å². The second-order valence-corrected chi connectivity index (χ2v) is 8.51. The summed E-state index contributed by atoms with van der Waals surface area (Å²) in [5, 5.41) is 2.81. The van der Waals surface area contributed by atoms with Crippen molar-refractivity contribution >= 4 is 32.9 Å².